The van der Waals surface area contributed by atoms with Crippen LogP contribution >= 0.6 is 7.60 Å². The van der Waals surface area contributed by atoms with Gasteiger partial charge < -0.3 is 35.0 Å². The molecule has 2 aromatic heterocycles. The maximum Gasteiger partial charge on any atom is 0.351 e. The number of aliphatic hydroxyl groups excluding tert-OH is 2. The molecule has 3 aromatic rings. The molecule has 0 saturated heterocycles. The zero-order valence-corrected chi connectivity index (χ0v) is 16.0. The Morgan fingerprint density at radius 1 is 1.21 bits per heavy atom. The molecule has 0 radical (unpaired) electrons. The summed E-state index contributed by atoms with van der Waals surface area (Å²) in [7, 11) is -4.52. The van der Waals surface area contributed by atoms with Crippen LogP contribution in [0.15, 0.2) is 43.0 Å². The van der Waals surface area contributed by atoms with Crippen molar-refractivity contribution in [3.05, 3.63) is 48.5 Å². The maximum atomic E-state index is 11.5. The van der Waals surface area contributed by atoms with Gasteiger partial charge in [-0.05, 0) is 5.56 Å². The second-order valence-electron chi connectivity index (χ2n) is 6.98. The van der Waals surface area contributed by atoms with Crippen molar-refractivity contribution < 1.29 is 29.3 Å². The average Bonchev–Trinajstić information content (AvgIpc) is 3.22. The van der Waals surface area contributed by atoms with E-state index in [1.54, 1.807) is 34.9 Å². The fourth-order valence-electron chi connectivity index (χ4n) is 3.85. The van der Waals surface area contributed by atoms with Gasteiger partial charge in [-0.3, -0.25) is 4.57 Å². The number of ether oxygens (including phenoxy) is 1. The van der Waals surface area contributed by atoms with Gasteiger partial charge in [0, 0.05) is 6.42 Å². The molecule has 4 rings (SSSR count). The standard InChI is InChI=1S/C17H20N5O6P/c18-15-12-16(20-7-19-15)22(8-21-12)11-6-17(14(24)13(11)23,28-9-29(25,26)27)10-4-2-1-3-5-10/h1-5,7-8,11,13-14,23-24H,6,9H2,(H2,18,19,20)(H2,25,26,27)/t11-,13+,14+,17-/m1/s1. The Hall–Kier alpha value is -2.40. The molecule has 1 aliphatic carbocycles. The highest BCUT2D eigenvalue weighted by molar-refractivity contribution is 7.51. The zero-order chi connectivity index (χ0) is 20.8. The van der Waals surface area contributed by atoms with Crippen LogP contribution in [-0.2, 0) is 14.9 Å². The van der Waals surface area contributed by atoms with E-state index in [1.807, 2.05) is 0 Å². The molecule has 0 bridgehead atoms. The molecule has 1 fully saturated rings. The minimum atomic E-state index is -4.52. The predicted octanol–water partition coefficient (Wildman–Crippen LogP) is 0.122. The van der Waals surface area contributed by atoms with Crippen LogP contribution in [0, 0.1) is 0 Å². The van der Waals surface area contributed by atoms with E-state index in [4.69, 9.17) is 10.5 Å². The van der Waals surface area contributed by atoms with Gasteiger partial charge in [-0.25, -0.2) is 15.0 Å². The lowest BCUT2D eigenvalue weighted by Crippen LogP contribution is -2.42. The average molecular weight is 421 g/mol. The molecule has 1 aromatic carbocycles. The molecule has 4 atom stereocenters. The van der Waals surface area contributed by atoms with Crippen LogP contribution in [0.4, 0.5) is 5.82 Å². The van der Waals surface area contributed by atoms with Gasteiger partial charge in [0.15, 0.2) is 11.5 Å². The summed E-state index contributed by atoms with van der Waals surface area (Å²) in [4.78, 5) is 30.8. The number of aromatic nitrogens is 4. The van der Waals surface area contributed by atoms with Gasteiger partial charge in [-0.15, -0.1) is 0 Å². The number of nitrogens with two attached hydrogens (primary N) is 1. The predicted molar refractivity (Wildman–Crippen MR) is 102 cm³/mol. The molecule has 1 aliphatic rings. The third-order valence-electron chi connectivity index (χ3n) is 5.20. The second kappa shape index (κ2) is 7.13. The number of aliphatic hydroxyl groups is 2. The van der Waals surface area contributed by atoms with Crippen LogP contribution in [0.2, 0.25) is 0 Å². The number of hydrogen-bond donors (Lipinski definition) is 5. The molecular weight excluding hydrogens is 401 g/mol. The lowest BCUT2D eigenvalue weighted by atomic mass is 9.89. The summed E-state index contributed by atoms with van der Waals surface area (Å²) in [6.45, 7) is 0. The Kier molecular flexibility index (Phi) is 4.89. The van der Waals surface area contributed by atoms with E-state index >= 15 is 0 Å². The fraction of sp³-hybridized carbons (Fsp3) is 0.353. The summed E-state index contributed by atoms with van der Waals surface area (Å²) >= 11 is 0. The number of nitrogens with zero attached hydrogens (tertiary/aromatic N) is 4. The normalized spacial score (nSPS) is 27.5. The molecule has 0 unspecified atom stereocenters. The molecule has 154 valence electrons. The number of fused-ring (bicyclic) bond motifs is 1. The summed E-state index contributed by atoms with van der Waals surface area (Å²) in [6.07, 6.45) is -0.964. The van der Waals surface area contributed by atoms with E-state index in [2.05, 4.69) is 15.0 Å². The molecule has 0 aliphatic heterocycles. The van der Waals surface area contributed by atoms with E-state index in [0.717, 1.165) is 0 Å². The topological polar surface area (TPSA) is 177 Å². The van der Waals surface area contributed by atoms with Crippen LogP contribution < -0.4 is 5.73 Å². The van der Waals surface area contributed by atoms with Crippen molar-refractivity contribution in [2.75, 3.05) is 12.1 Å². The highest BCUT2D eigenvalue weighted by Crippen LogP contribution is 2.50. The maximum absolute atomic E-state index is 11.5. The van der Waals surface area contributed by atoms with Gasteiger partial charge in [-0.1, -0.05) is 30.3 Å². The number of rotatable bonds is 5. The van der Waals surface area contributed by atoms with Gasteiger partial charge in [0.25, 0.3) is 0 Å². The first-order chi connectivity index (χ1) is 13.7. The first-order valence-corrected chi connectivity index (χ1v) is 10.6. The second-order valence-corrected chi connectivity index (χ2v) is 8.57. The molecule has 29 heavy (non-hydrogen) atoms. The highest BCUT2D eigenvalue weighted by Gasteiger charge is 2.56. The number of anilines is 1. The zero-order valence-electron chi connectivity index (χ0n) is 15.1. The van der Waals surface area contributed by atoms with E-state index in [0.29, 0.717) is 16.7 Å². The van der Waals surface area contributed by atoms with Crippen molar-refractivity contribution in [3.8, 4) is 0 Å². The highest BCUT2D eigenvalue weighted by atomic mass is 31.2. The van der Waals surface area contributed by atoms with Crippen molar-refractivity contribution in [2.24, 2.45) is 0 Å². The van der Waals surface area contributed by atoms with Gasteiger partial charge in [0.05, 0.1) is 12.4 Å². The Morgan fingerprint density at radius 3 is 2.62 bits per heavy atom. The van der Waals surface area contributed by atoms with Crippen LogP contribution in [0.5, 0.6) is 0 Å². The molecule has 0 spiro atoms. The smallest absolute Gasteiger partial charge is 0.351 e. The summed E-state index contributed by atoms with van der Waals surface area (Å²) in [5.74, 6) is 0.175. The third kappa shape index (κ3) is 3.42. The van der Waals surface area contributed by atoms with E-state index in [1.165, 1.54) is 12.7 Å². The summed E-state index contributed by atoms with van der Waals surface area (Å²) in [5.41, 5.74) is 5.48. The molecule has 6 N–H and O–H groups in total. The fourth-order valence-corrected chi connectivity index (χ4v) is 4.25. The van der Waals surface area contributed by atoms with Crippen LogP contribution in [0.25, 0.3) is 11.2 Å². The van der Waals surface area contributed by atoms with Crippen LogP contribution in [0.1, 0.15) is 18.0 Å². The Bertz CT molecular complexity index is 1070. The largest absolute Gasteiger partial charge is 0.388 e. The van der Waals surface area contributed by atoms with E-state index < -0.39 is 37.8 Å². The minimum absolute atomic E-state index is 0.0225. The summed E-state index contributed by atoms with van der Waals surface area (Å²) in [5, 5.41) is 21.8. The Labute approximate surface area is 165 Å². The van der Waals surface area contributed by atoms with Gasteiger partial charge in [0.1, 0.15) is 36.0 Å². The first-order valence-electron chi connectivity index (χ1n) is 8.76. The van der Waals surface area contributed by atoms with Gasteiger partial charge >= 0.3 is 7.60 Å². The Morgan fingerprint density at radius 2 is 1.93 bits per heavy atom. The van der Waals surface area contributed by atoms with Crippen molar-refractivity contribution >= 4 is 24.6 Å². The Balaban J connectivity index is 1.79. The van der Waals surface area contributed by atoms with Gasteiger partial charge in [-0.2, -0.15) is 0 Å². The third-order valence-corrected chi connectivity index (χ3v) is 5.67. The molecule has 0 amide bonds. The van der Waals surface area contributed by atoms with Crippen molar-refractivity contribution in [2.45, 2.75) is 30.3 Å². The quantitative estimate of drug-likeness (QED) is 0.356. The molecule has 12 heteroatoms. The first kappa shape index (κ1) is 19.9. The number of benzene rings is 1. The lowest BCUT2D eigenvalue weighted by molar-refractivity contribution is -0.123. The molecule has 11 nitrogen and oxygen atoms in total. The van der Waals surface area contributed by atoms with Crippen molar-refractivity contribution in [1.29, 1.82) is 0 Å². The van der Waals surface area contributed by atoms with Crippen LogP contribution in [-0.4, -0.2) is 58.1 Å². The minimum Gasteiger partial charge on any atom is -0.388 e. The summed E-state index contributed by atoms with van der Waals surface area (Å²) < 4.78 is 18.6. The summed E-state index contributed by atoms with van der Waals surface area (Å²) in [6, 6.07) is 7.80. The van der Waals surface area contributed by atoms with Gasteiger partial charge in [0.2, 0.25) is 0 Å². The number of nitrogen functional groups attached to an aromatic ring is 1. The van der Waals surface area contributed by atoms with Crippen molar-refractivity contribution in [3.63, 3.8) is 0 Å². The van der Waals surface area contributed by atoms with Crippen molar-refractivity contribution in [1.82, 2.24) is 19.5 Å². The monoisotopic (exact) mass is 421 g/mol. The SMILES string of the molecule is Nc1ncnc2c1ncn2[C@@H]1C[C@@](OCP(=O)(O)O)(c2ccccc2)[C@@H](O)[C@H]1O. The molecule has 1 saturated carbocycles. The van der Waals surface area contributed by atoms with Crippen LogP contribution in [0.3, 0.4) is 0 Å². The number of hydrogen-bond acceptors (Lipinski definition) is 8. The van der Waals surface area contributed by atoms with E-state index in [9.17, 15) is 24.6 Å². The van der Waals surface area contributed by atoms with E-state index in [-0.39, 0.29) is 12.2 Å². The lowest BCUT2D eigenvalue weighted by Gasteiger charge is -2.33. The number of imidazole rings is 1. The molecule has 2 heterocycles. The molecular formula is C17H20N5O6P.